The van der Waals surface area contributed by atoms with E-state index >= 15 is 0 Å². The Labute approximate surface area is 145 Å². The van der Waals surface area contributed by atoms with Crippen molar-refractivity contribution in [3.8, 4) is 6.07 Å². The molecule has 2 aromatic rings. The summed E-state index contributed by atoms with van der Waals surface area (Å²) < 4.78 is 2.28. The van der Waals surface area contributed by atoms with Crippen molar-refractivity contribution >= 4 is 11.5 Å². The summed E-state index contributed by atoms with van der Waals surface area (Å²) in [6, 6.07) is 12.1. The van der Waals surface area contributed by atoms with E-state index in [1.54, 1.807) is 7.05 Å². The number of nitrogens with zero attached hydrogens (tertiary/aromatic N) is 4. The lowest BCUT2D eigenvalue weighted by Crippen LogP contribution is -2.40. The van der Waals surface area contributed by atoms with Crippen LogP contribution < -0.4 is 21.5 Å². The minimum absolute atomic E-state index is 0.0255. The first kappa shape index (κ1) is 16.8. The molecule has 1 aromatic heterocycles. The normalized spacial score (nSPS) is 16.7. The van der Waals surface area contributed by atoms with Gasteiger partial charge < -0.3 is 10.2 Å². The number of anilines is 2. The number of benzene rings is 1. The zero-order valence-corrected chi connectivity index (χ0v) is 14.4. The first-order valence-corrected chi connectivity index (χ1v) is 8.27. The Morgan fingerprint density at radius 3 is 2.60 bits per heavy atom. The van der Waals surface area contributed by atoms with E-state index < -0.39 is 11.2 Å². The summed E-state index contributed by atoms with van der Waals surface area (Å²) >= 11 is 0. The third kappa shape index (κ3) is 3.15. The van der Waals surface area contributed by atoms with Gasteiger partial charge >= 0.3 is 5.69 Å². The molecule has 0 bridgehead atoms. The van der Waals surface area contributed by atoms with Gasteiger partial charge in [-0.15, -0.1) is 0 Å². The largest absolute Gasteiger partial charge is 0.371 e. The van der Waals surface area contributed by atoms with E-state index in [-0.39, 0.29) is 5.56 Å². The predicted octanol–water partition coefficient (Wildman–Crippen LogP) is 0.894. The highest BCUT2D eigenvalue weighted by Gasteiger charge is 2.23. The van der Waals surface area contributed by atoms with Crippen molar-refractivity contribution in [2.24, 2.45) is 20.0 Å². The van der Waals surface area contributed by atoms with Crippen LogP contribution >= 0.6 is 0 Å². The lowest BCUT2D eigenvalue weighted by Gasteiger charge is -2.19. The van der Waals surface area contributed by atoms with Gasteiger partial charge in [0.25, 0.3) is 5.56 Å². The highest BCUT2D eigenvalue weighted by atomic mass is 16.2. The standard InChI is InChI=1S/C18H21N5O2/c1-21-16(15(10-19)17(24)22(2)18(21)25)20-11-13-8-9-23(12-13)14-6-4-3-5-7-14/h3-7,13,20H,8-9,11-12H2,1-2H3/t13-/m0/s1. The molecule has 7 heteroatoms. The average molecular weight is 339 g/mol. The fourth-order valence-electron chi connectivity index (χ4n) is 3.27. The third-order valence-electron chi connectivity index (χ3n) is 4.74. The first-order chi connectivity index (χ1) is 12.0. The SMILES string of the molecule is Cn1c(NC[C@@H]2CCN(c3ccccc3)C2)c(C#N)c(=O)n(C)c1=O. The fraction of sp³-hybridized carbons (Fsp3) is 0.389. The lowest BCUT2D eigenvalue weighted by molar-refractivity contribution is 0.612. The van der Waals surface area contributed by atoms with Crippen molar-refractivity contribution in [1.82, 2.24) is 9.13 Å². The van der Waals surface area contributed by atoms with Crippen LogP contribution in [-0.4, -0.2) is 28.8 Å². The quantitative estimate of drug-likeness (QED) is 0.895. The maximum atomic E-state index is 12.1. The molecular weight excluding hydrogens is 318 g/mol. The van der Waals surface area contributed by atoms with E-state index in [2.05, 4.69) is 22.3 Å². The molecule has 1 aliphatic heterocycles. The Morgan fingerprint density at radius 1 is 1.20 bits per heavy atom. The molecule has 0 spiro atoms. The van der Waals surface area contributed by atoms with Gasteiger partial charge in [-0.05, 0) is 24.5 Å². The van der Waals surface area contributed by atoms with Crippen LogP contribution in [0.2, 0.25) is 0 Å². The molecule has 0 saturated carbocycles. The van der Waals surface area contributed by atoms with Gasteiger partial charge in [-0.1, -0.05) is 18.2 Å². The van der Waals surface area contributed by atoms with Crippen LogP contribution in [0.15, 0.2) is 39.9 Å². The van der Waals surface area contributed by atoms with E-state index in [1.165, 1.54) is 17.3 Å². The maximum Gasteiger partial charge on any atom is 0.332 e. The van der Waals surface area contributed by atoms with Crippen molar-refractivity contribution in [3.63, 3.8) is 0 Å². The molecular formula is C18H21N5O2. The molecule has 1 saturated heterocycles. The summed E-state index contributed by atoms with van der Waals surface area (Å²) in [6.07, 6.45) is 1.02. The molecule has 3 rings (SSSR count). The number of para-hydroxylation sites is 1. The van der Waals surface area contributed by atoms with Crippen LogP contribution in [0.3, 0.4) is 0 Å². The van der Waals surface area contributed by atoms with Crippen molar-refractivity contribution in [2.45, 2.75) is 6.42 Å². The molecule has 1 N–H and O–H groups in total. The van der Waals surface area contributed by atoms with Crippen LogP contribution in [0.5, 0.6) is 0 Å². The zero-order chi connectivity index (χ0) is 18.0. The number of rotatable bonds is 4. The van der Waals surface area contributed by atoms with Gasteiger partial charge in [0.2, 0.25) is 0 Å². The Balaban J connectivity index is 1.74. The van der Waals surface area contributed by atoms with Crippen LogP contribution in [0.4, 0.5) is 11.5 Å². The predicted molar refractivity (Wildman–Crippen MR) is 96.9 cm³/mol. The van der Waals surface area contributed by atoms with Gasteiger partial charge in [-0.3, -0.25) is 13.9 Å². The average Bonchev–Trinajstić information content (AvgIpc) is 3.11. The number of hydrogen-bond acceptors (Lipinski definition) is 5. The number of nitrogens with one attached hydrogen (secondary N) is 1. The van der Waals surface area contributed by atoms with Crippen LogP contribution in [0.1, 0.15) is 12.0 Å². The van der Waals surface area contributed by atoms with E-state index in [1.807, 2.05) is 24.3 Å². The van der Waals surface area contributed by atoms with Gasteiger partial charge in [0, 0.05) is 39.4 Å². The van der Waals surface area contributed by atoms with Crippen LogP contribution in [-0.2, 0) is 14.1 Å². The number of aromatic nitrogens is 2. The van der Waals surface area contributed by atoms with Crippen molar-refractivity contribution in [2.75, 3.05) is 29.9 Å². The van der Waals surface area contributed by atoms with E-state index in [9.17, 15) is 14.9 Å². The Morgan fingerprint density at radius 2 is 1.92 bits per heavy atom. The second-order valence-electron chi connectivity index (χ2n) is 6.36. The molecule has 0 amide bonds. The molecule has 0 aliphatic carbocycles. The van der Waals surface area contributed by atoms with Gasteiger partial charge in [-0.25, -0.2) is 4.79 Å². The topological polar surface area (TPSA) is 83.1 Å². The molecule has 1 atom stereocenters. The summed E-state index contributed by atoms with van der Waals surface area (Å²) in [7, 11) is 2.94. The van der Waals surface area contributed by atoms with Gasteiger partial charge in [0.05, 0.1) is 0 Å². The van der Waals surface area contributed by atoms with E-state index in [4.69, 9.17) is 0 Å². The van der Waals surface area contributed by atoms with E-state index in [0.717, 1.165) is 24.1 Å². The van der Waals surface area contributed by atoms with Gasteiger partial charge in [-0.2, -0.15) is 5.26 Å². The molecule has 2 heterocycles. The minimum Gasteiger partial charge on any atom is -0.371 e. The van der Waals surface area contributed by atoms with Crippen LogP contribution in [0, 0.1) is 17.2 Å². The second kappa shape index (κ2) is 6.85. The zero-order valence-electron chi connectivity index (χ0n) is 14.4. The monoisotopic (exact) mass is 339 g/mol. The van der Waals surface area contributed by atoms with E-state index in [0.29, 0.717) is 18.3 Å². The molecule has 1 aliphatic rings. The Hall–Kier alpha value is -3.01. The second-order valence-corrected chi connectivity index (χ2v) is 6.36. The lowest BCUT2D eigenvalue weighted by atomic mass is 10.1. The first-order valence-electron chi connectivity index (χ1n) is 8.27. The van der Waals surface area contributed by atoms with Gasteiger partial charge in [0.1, 0.15) is 11.9 Å². The molecule has 1 aromatic carbocycles. The molecule has 0 unspecified atom stereocenters. The number of hydrogen-bond donors (Lipinski definition) is 1. The van der Waals surface area contributed by atoms with Crippen molar-refractivity contribution < 1.29 is 0 Å². The fourth-order valence-corrected chi connectivity index (χ4v) is 3.27. The Kier molecular flexibility index (Phi) is 4.61. The summed E-state index contributed by atoms with van der Waals surface area (Å²) in [5.41, 5.74) is 0.167. The highest BCUT2D eigenvalue weighted by molar-refractivity contribution is 5.51. The highest BCUT2D eigenvalue weighted by Crippen LogP contribution is 2.23. The van der Waals surface area contributed by atoms with Crippen LogP contribution in [0.25, 0.3) is 0 Å². The number of nitriles is 1. The van der Waals surface area contributed by atoms with Crippen molar-refractivity contribution in [1.29, 1.82) is 5.26 Å². The summed E-state index contributed by atoms with van der Waals surface area (Å²) in [4.78, 5) is 26.5. The third-order valence-corrected chi connectivity index (χ3v) is 4.74. The summed E-state index contributed by atoms with van der Waals surface area (Å²) in [5, 5.41) is 12.5. The molecule has 0 radical (unpaired) electrons. The Bertz CT molecular complexity index is 923. The molecule has 25 heavy (non-hydrogen) atoms. The molecule has 1 fully saturated rings. The summed E-state index contributed by atoms with van der Waals surface area (Å²) in [5.74, 6) is 0.680. The molecule has 130 valence electrons. The molecule has 7 nitrogen and oxygen atoms in total. The van der Waals surface area contributed by atoms with Crippen molar-refractivity contribution in [3.05, 3.63) is 56.7 Å². The smallest absolute Gasteiger partial charge is 0.332 e. The maximum absolute atomic E-state index is 12.1. The minimum atomic E-state index is -0.564. The van der Waals surface area contributed by atoms with Gasteiger partial charge in [0.15, 0.2) is 5.56 Å². The summed E-state index contributed by atoms with van der Waals surface area (Å²) in [6.45, 7) is 2.48.